The Morgan fingerprint density at radius 3 is 1.57 bits per heavy atom. The van der Waals surface area contributed by atoms with Gasteiger partial charge in [0, 0.05) is 15.5 Å². The van der Waals surface area contributed by atoms with Crippen LogP contribution in [0.4, 0.5) is 11.4 Å². The van der Waals surface area contributed by atoms with Gasteiger partial charge in [-0.1, -0.05) is 0 Å². The summed E-state index contributed by atoms with van der Waals surface area (Å²) in [6.45, 7) is 0. The zero-order valence-electron chi connectivity index (χ0n) is 7.94. The first-order valence-corrected chi connectivity index (χ1v) is 5.91. The van der Waals surface area contributed by atoms with Crippen LogP contribution in [-0.4, -0.2) is 12.5 Å². The molecule has 0 aliphatic heterocycles. The van der Waals surface area contributed by atoms with Gasteiger partial charge in [-0.15, -0.1) is 48.3 Å². The van der Waals surface area contributed by atoms with Crippen molar-refractivity contribution in [2.45, 2.75) is 9.79 Å². The molecule has 0 fully saturated rings. The van der Waals surface area contributed by atoms with Gasteiger partial charge in [-0.3, -0.25) is 0 Å². The molecule has 1 aromatic carbocycles. The fourth-order valence-corrected chi connectivity index (χ4v) is 2.19. The van der Waals surface area contributed by atoms with Crippen molar-refractivity contribution in [1.29, 1.82) is 0 Å². The molecule has 1 rings (SSSR count). The standard InChI is InChI=1S/C8H12N2S2.2ClH/c1-11-6-3-5(9)4-7(12-2)8(6)10;;/h3-4H,9-10H2,1-2H3;2*1H. The van der Waals surface area contributed by atoms with Gasteiger partial charge in [-0.05, 0) is 24.6 Å². The van der Waals surface area contributed by atoms with E-state index in [1.54, 1.807) is 23.5 Å². The van der Waals surface area contributed by atoms with E-state index in [1.165, 1.54) is 0 Å². The Morgan fingerprint density at radius 1 is 0.929 bits per heavy atom. The van der Waals surface area contributed by atoms with Crippen LogP contribution in [-0.2, 0) is 0 Å². The molecule has 0 aliphatic rings. The summed E-state index contributed by atoms with van der Waals surface area (Å²) in [4.78, 5) is 2.11. The molecular weight excluding hydrogens is 259 g/mol. The maximum absolute atomic E-state index is 5.88. The lowest BCUT2D eigenvalue weighted by Crippen LogP contribution is -1.94. The van der Waals surface area contributed by atoms with Gasteiger partial charge in [0.2, 0.25) is 0 Å². The summed E-state index contributed by atoms with van der Waals surface area (Å²) in [6, 6.07) is 3.80. The highest BCUT2D eigenvalue weighted by Crippen LogP contribution is 2.33. The van der Waals surface area contributed by atoms with Crippen molar-refractivity contribution < 1.29 is 0 Å². The molecule has 0 atom stereocenters. The monoisotopic (exact) mass is 272 g/mol. The van der Waals surface area contributed by atoms with Gasteiger partial charge < -0.3 is 11.5 Å². The third-order valence-electron chi connectivity index (χ3n) is 1.57. The van der Waals surface area contributed by atoms with Gasteiger partial charge >= 0.3 is 0 Å². The van der Waals surface area contributed by atoms with Crippen molar-refractivity contribution in [3.8, 4) is 0 Å². The molecule has 0 amide bonds. The van der Waals surface area contributed by atoms with Crippen molar-refractivity contribution in [3.63, 3.8) is 0 Å². The number of hydrogen-bond acceptors (Lipinski definition) is 4. The molecule has 0 aliphatic carbocycles. The molecule has 0 aromatic heterocycles. The minimum absolute atomic E-state index is 0. The maximum Gasteiger partial charge on any atom is 0.0591 e. The normalized spacial score (nSPS) is 8.71. The van der Waals surface area contributed by atoms with Crippen molar-refractivity contribution in [1.82, 2.24) is 0 Å². The molecule has 0 unspecified atom stereocenters. The molecule has 0 saturated carbocycles. The Kier molecular flexibility index (Phi) is 8.73. The lowest BCUT2D eigenvalue weighted by Gasteiger charge is -2.08. The highest BCUT2D eigenvalue weighted by molar-refractivity contribution is 7.99. The molecule has 0 spiro atoms. The van der Waals surface area contributed by atoms with E-state index in [1.807, 2.05) is 24.6 Å². The molecule has 0 bridgehead atoms. The molecule has 0 radical (unpaired) electrons. The van der Waals surface area contributed by atoms with Gasteiger partial charge in [0.15, 0.2) is 0 Å². The van der Waals surface area contributed by atoms with Crippen LogP contribution in [0.3, 0.4) is 0 Å². The first-order chi connectivity index (χ1) is 5.69. The molecular formula is C8H14Cl2N2S2. The van der Waals surface area contributed by atoms with E-state index in [0.717, 1.165) is 21.2 Å². The number of anilines is 2. The predicted octanol–water partition coefficient (Wildman–Crippen LogP) is 3.14. The zero-order chi connectivity index (χ0) is 9.14. The molecule has 0 saturated heterocycles. The summed E-state index contributed by atoms with van der Waals surface area (Å²) < 4.78 is 0. The Balaban J connectivity index is 0. The molecule has 82 valence electrons. The molecule has 4 N–H and O–H groups in total. The van der Waals surface area contributed by atoms with E-state index in [9.17, 15) is 0 Å². The average molecular weight is 273 g/mol. The van der Waals surface area contributed by atoms with Crippen molar-refractivity contribution in [2.75, 3.05) is 24.0 Å². The SMILES string of the molecule is CSc1cc(N)cc(SC)c1N.Cl.Cl. The van der Waals surface area contributed by atoms with Crippen molar-refractivity contribution in [3.05, 3.63) is 12.1 Å². The fraction of sp³-hybridized carbons (Fsp3) is 0.250. The smallest absolute Gasteiger partial charge is 0.0591 e. The Labute approximate surface area is 105 Å². The van der Waals surface area contributed by atoms with Crippen LogP contribution in [0.1, 0.15) is 0 Å². The lowest BCUT2D eigenvalue weighted by molar-refractivity contribution is 1.35. The van der Waals surface area contributed by atoms with E-state index < -0.39 is 0 Å². The molecule has 6 heteroatoms. The van der Waals surface area contributed by atoms with Crippen LogP contribution in [0.5, 0.6) is 0 Å². The van der Waals surface area contributed by atoms with Gasteiger partial charge in [0.1, 0.15) is 0 Å². The van der Waals surface area contributed by atoms with Crippen LogP contribution >= 0.6 is 48.3 Å². The summed E-state index contributed by atoms with van der Waals surface area (Å²) in [5.41, 5.74) is 13.2. The molecule has 2 nitrogen and oxygen atoms in total. The summed E-state index contributed by atoms with van der Waals surface area (Å²) in [7, 11) is 0. The Morgan fingerprint density at radius 2 is 1.29 bits per heavy atom. The van der Waals surface area contributed by atoms with E-state index >= 15 is 0 Å². The number of nitrogens with two attached hydrogens (primary N) is 2. The summed E-state index contributed by atoms with van der Waals surface area (Å²) in [5, 5.41) is 0. The van der Waals surface area contributed by atoms with Gasteiger partial charge in [-0.25, -0.2) is 0 Å². The third-order valence-corrected chi connectivity index (χ3v) is 3.12. The topological polar surface area (TPSA) is 52.0 Å². The number of rotatable bonds is 2. The molecule has 14 heavy (non-hydrogen) atoms. The van der Waals surface area contributed by atoms with Crippen LogP contribution in [0, 0.1) is 0 Å². The highest BCUT2D eigenvalue weighted by Gasteiger charge is 2.04. The molecule has 1 aromatic rings. The predicted molar refractivity (Wildman–Crippen MR) is 73.3 cm³/mol. The number of hydrogen-bond donors (Lipinski definition) is 2. The number of halogens is 2. The number of benzene rings is 1. The zero-order valence-corrected chi connectivity index (χ0v) is 11.2. The fourth-order valence-electron chi connectivity index (χ4n) is 0.959. The van der Waals surface area contributed by atoms with E-state index in [-0.39, 0.29) is 24.8 Å². The van der Waals surface area contributed by atoms with E-state index in [2.05, 4.69) is 0 Å². The van der Waals surface area contributed by atoms with Crippen LogP contribution in [0.25, 0.3) is 0 Å². The Hall–Kier alpha value is 0.1000. The maximum atomic E-state index is 5.88. The second-order valence-corrected chi connectivity index (χ2v) is 4.04. The van der Waals surface area contributed by atoms with Crippen LogP contribution in [0.15, 0.2) is 21.9 Å². The largest absolute Gasteiger partial charge is 0.399 e. The quantitative estimate of drug-likeness (QED) is 0.642. The van der Waals surface area contributed by atoms with Gasteiger partial charge in [0.05, 0.1) is 5.69 Å². The molecule has 0 heterocycles. The summed E-state index contributed by atoms with van der Waals surface area (Å²) in [6.07, 6.45) is 3.99. The van der Waals surface area contributed by atoms with Crippen molar-refractivity contribution in [2.24, 2.45) is 0 Å². The summed E-state index contributed by atoms with van der Waals surface area (Å²) >= 11 is 3.24. The first-order valence-electron chi connectivity index (χ1n) is 3.46. The lowest BCUT2D eigenvalue weighted by atomic mass is 10.3. The van der Waals surface area contributed by atoms with E-state index in [4.69, 9.17) is 11.5 Å². The van der Waals surface area contributed by atoms with Gasteiger partial charge in [0.25, 0.3) is 0 Å². The highest BCUT2D eigenvalue weighted by atomic mass is 35.5. The Bertz CT molecular complexity index is 270. The van der Waals surface area contributed by atoms with Crippen LogP contribution in [0.2, 0.25) is 0 Å². The minimum Gasteiger partial charge on any atom is -0.399 e. The average Bonchev–Trinajstić information content (AvgIpc) is 2.08. The first kappa shape index (κ1) is 16.5. The van der Waals surface area contributed by atoms with E-state index in [0.29, 0.717) is 0 Å². The van der Waals surface area contributed by atoms with Gasteiger partial charge in [-0.2, -0.15) is 0 Å². The minimum atomic E-state index is 0. The summed E-state index contributed by atoms with van der Waals surface area (Å²) in [5.74, 6) is 0. The second-order valence-electron chi connectivity index (χ2n) is 2.34. The second kappa shape index (κ2) is 7.40. The number of nitrogen functional groups attached to an aromatic ring is 2. The third kappa shape index (κ3) is 3.69. The van der Waals surface area contributed by atoms with Crippen LogP contribution < -0.4 is 11.5 Å². The number of thioether (sulfide) groups is 2. The van der Waals surface area contributed by atoms with Crippen molar-refractivity contribution >= 4 is 59.7 Å².